The Bertz CT molecular complexity index is 480. The van der Waals surface area contributed by atoms with Crippen molar-refractivity contribution >= 4 is 18.4 Å². The highest BCUT2D eigenvalue weighted by atomic mass is 16.7. The summed E-state index contributed by atoms with van der Waals surface area (Å²) >= 11 is 0. The lowest BCUT2D eigenvalue weighted by Crippen LogP contribution is -2.41. The number of pyridine rings is 1. The molecule has 1 fully saturated rings. The lowest BCUT2D eigenvalue weighted by molar-refractivity contribution is 0.00578. The monoisotopic (exact) mass is 236 g/mol. The van der Waals surface area contributed by atoms with Gasteiger partial charge in [0.25, 0.3) is 0 Å². The zero-order valence-electron chi connectivity index (χ0n) is 10.5. The van der Waals surface area contributed by atoms with E-state index in [9.17, 15) is 4.79 Å². The van der Waals surface area contributed by atoms with E-state index in [-0.39, 0.29) is 5.56 Å². The van der Waals surface area contributed by atoms with Crippen LogP contribution in [0, 0.1) is 0 Å². The van der Waals surface area contributed by atoms with E-state index in [2.05, 4.69) is 4.98 Å². The van der Waals surface area contributed by atoms with Crippen molar-refractivity contribution in [3.8, 4) is 0 Å². The van der Waals surface area contributed by atoms with E-state index in [1.165, 1.54) is 6.07 Å². The third kappa shape index (κ3) is 2.10. The number of rotatable bonds is 1. The van der Waals surface area contributed by atoms with Crippen molar-refractivity contribution in [1.29, 1.82) is 0 Å². The van der Waals surface area contributed by atoms with Crippen molar-refractivity contribution in [2.24, 2.45) is 0 Å². The summed E-state index contributed by atoms with van der Waals surface area (Å²) in [7, 11) is -0.587. The van der Waals surface area contributed by atoms with Gasteiger partial charge in [-0.1, -0.05) is 0 Å². The summed E-state index contributed by atoms with van der Waals surface area (Å²) in [6.45, 7) is 7.82. The van der Waals surface area contributed by atoms with E-state index in [4.69, 9.17) is 15.0 Å². The van der Waals surface area contributed by atoms with E-state index in [0.29, 0.717) is 11.3 Å². The fourth-order valence-electron chi connectivity index (χ4n) is 1.68. The predicted molar refractivity (Wildman–Crippen MR) is 67.2 cm³/mol. The fourth-order valence-corrected chi connectivity index (χ4v) is 1.68. The van der Waals surface area contributed by atoms with E-state index < -0.39 is 18.3 Å². The minimum absolute atomic E-state index is 0.255. The van der Waals surface area contributed by atoms with Crippen molar-refractivity contribution in [2.45, 2.75) is 38.9 Å². The second-order valence-corrected chi connectivity index (χ2v) is 5.32. The maximum atomic E-state index is 11.3. The molecule has 0 unspecified atom stereocenters. The number of aromatic nitrogens is 1. The average Bonchev–Trinajstić information content (AvgIpc) is 2.34. The summed E-state index contributed by atoms with van der Waals surface area (Å²) in [5, 5.41) is 0. The highest BCUT2D eigenvalue weighted by molar-refractivity contribution is 6.61. The largest absolute Gasteiger partial charge is 0.512 e. The molecule has 1 aliphatic rings. The SMILES string of the molecule is CC1(C)OB(c2cc(N)cc(=O)[nH]2)OC1(C)C. The average molecular weight is 236 g/mol. The molecule has 2 heterocycles. The van der Waals surface area contributed by atoms with Crippen LogP contribution in [0.1, 0.15) is 27.7 Å². The molecule has 5 nitrogen and oxygen atoms in total. The molecule has 0 bridgehead atoms. The van der Waals surface area contributed by atoms with E-state index in [1.54, 1.807) is 6.07 Å². The van der Waals surface area contributed by atoms with E-state index in [0.717, 1.165) is 0 Å². The van der Waals surface area contributed by atoms with Gasteiger partial charge in [0, 0.05) is 11.8 Å². The zero-order chi connectivity index (χ0) is 12.8. The third-order valence-corrected chi connectivity index (χ3v) is 3.39. The quantitative estimate of drug-likeness (QED) is 0.685. The number of aromatic amines is 1. The van der Waals surface area contributed by atoms with Crippen LogP contribution in [-0.2, 0) is 9.31 Å². The lowest BCUT2D eigenvalue weighted by Gasteiger charge is -2.32. The minimum Gasteiger partial charge on any atom is -0.399 e. The van der Waals surface area contributed by atoms with Crippen molar-refractivity contribution in [2.75, 3.05) is 5.73 Å². The summed E-state index contributed by atoms with van der Waals surface area (Å²) in [5.74, 6) is 0. The maximum absolute atomic E-state index is 11.3. The number of hydrogen-bond acceptors (Lipinski definition) is 4. The second kappa shape index (κ2) is 3.61. The third-order valence-electron chi connectivity index (χ3n) is 3.39. The van der Waals surface area contributed by atoms with Crippen LogP contribution in [0.2, 0.25) is 0 Å². The molecule has 6 heteroatoms. The molecular formula is C11H17BN2O3. The first kappa shape index (κ1) is 12.2. The van der Waals surface area contributed by atoms with Crippen LogP contribution in [0.3, 0.4) is 0 Å². The molecule has 3 N–H and O–H groups in total. The van der Waals surface area contributed by atoms with Crippen LogP contribution >= 0.6 is 0 Å². The highest BCUT2D eigenvalue weighted by Crippen LogP contribution is 2.36. The minimum atomic E-state index is -0.587. The lowest BCUT2D eigenvalue weighted by atomic mass is 9.84. The Morgan fingerprint density at radius 2 is 1.71 bits per heavy atom. The molecule has 0 atom stereocenters. The topological polar surface area (TPSA) is 77.3 Å². The number of nitrogen functional groups attached to an aromatic ring is 1. The zero-order valence-corrected chi connectivity index (χ0v) is 10.5. The van der Waals surface area contributed by atoms with Crippen LogP contribution in [-0.4, -0.2) is 23.3 Å². The Hall–Kier alpha value is -1.27. The molecule has 0 aliphatic carbocycles. The number of H-pyrrole nitrogens is 1. The Morgan fingerprint density at radius 3 is 2.18 bits per heavy atom. The molecule has 1 aromatic heterocycles. The van der Waals surface area contributed by atoms with Gasteiger partial charge in [-0.15, -0.1) is 0 Å². The number of nitrogens with two attached hydrogens (primary N) is 1. The van der Waals surface area contributed by atoms with Gasteiger partial charge in [-0.25, -0.2) is 0 Å². The van der Waals surface area contributed by atoms with Crippen LogP contribution in [0.5, 0.6) is 0 Å². The number of anilines is 1. The summed E-state index contributed by atoms with van der Waals surface area (Å²) in [5.41, 5.74) is 5.46. The van der Waals surface area contributed by atoms with Crippen molar-refractivity contribution in [3.63, 3.8) is 0 Å². The molecule has 1 saturated heterocycles. The van der Waals surface area contributed by atoms with Gasteiger partial charge in [-0.05, 0) is 33.8 Å². The molecule has 92 valence electrons. The van der Waals surface area contributed by atoms with Crippen molar-refractivity contribution in [1.82, 2.24) is 4.98 Å². The Labute approximate surface area is 100 Å². The molecular weight excluding hydrogens is 219 g/mol. The molecule has 17 heavy (non-hydrogen) atoms. The first-order chi connectivity index (χ1) is 7.71. The summed E-state index contributed by atoms with van der Waals surface area (Å²) in [6.07, 6.45) is 0. The number of hydrogen-bond donors (Lipinski definition) is 2. The van der Waals surface area contributed by atoms with Gasteiger partial charge in [-0.3, -0.25) is 4.79 Å². The van der Waals surface area contributed by atoms with Gasteiger partial charge in [0.1, 0.15) is 0 Å². The summed E-state index contributed by atoms with van der Waals surface area (Å²) in [6, 6.07) is 2.98. The number of nitrogens with one attached hydrogen (secondary N) is 1. The smallest absolute Gasteiger partial charge is 0.399 e. The molecule has 0 amide bonds. The molecule has 0 aromatic carbocycles. The van der Waals surface area contributed by atoms with Crippen LogP contribution in [0.25, 0.3) is 0 Å². The van der Waals surface area contributed by atoms with Crippen LogP contribution in [0.4, 0.5) is 5.69 Å². The van der Waals surface area contributed by atoms with Gasteiger partial charge in [-0.2, -0.15) is 0 Å². The van der Waals surface area contributed by atoms with Gasteiger partial charge >= 0.3 is 7.12 Å². The molecule has 0 saturated carbocycles. The van der Waals surface area contributed by atoms with Crippen molar-refractivity contribution < 1.29 is 9.31 Å². The molecule has 1 aromatic rings. The first-order valence-electron chi connectivity index (χ1n) is 5.57. The standard InChI is InChI=1S/C11H17BN2O3/c1-10(2)11(3,4)17-12(16-10)8-5-7(13)6-9(15)14-8/h5-6H,1-4H3,(H3,13,14,15). The van der Waals surface area contributed by atoms with E-state index in [1.807, 2.05) is 27.7 Å². The maximum Gasteiger partial charge on any atom is 0.512 e. The van der Waals surface area contributed by atoms with Gasteiger partial charge in [0.05, 0.1) is 16.8 Å². The predicted octanol–water partition coefficient (Wildman–Crippen LogP) is 0.256. The summed E-state index contributed by atoms with van der Waals surface area (Å²) in [4.78, 5) is 14.0. The molecule has 0 radical (unpaired) electrons. The van der Waals surface area contributed by atoms with Crippen LogP contribution in [0.15, 0.2) is 16.9 Å². The summed E-state index contributed by atoms with van der Waals surface area (Å²) < 4.78 is 11.6. The van der Waals surface area contributed by atoms with Crippen LogP contribution < -0.4 is 16.9 Å². The molecule has 2 rings (SSSR count). The van der Waals surface area contributed by atoms with Gasteiger partial charge in [0.15, 0.2) is 0 Å². The Kier molecular flexibility index (Phi) is 2.59. The van der Waals surface area contributed by atoms with E-state index >= 15 is 0 Å². The van der Waals surface area contributed by atoms with Gasteiger partial charge in [0.2, 0.25) is 5.56 Å². The highest BCUT2D eigenvalue weighted by Gasteiger charge is 2.52. The normalized spacial score (nSPS) is 21.8. The fraction of sp³-hybridized carbons (Fsp3) is 0.545. The van der Waals surface area contributed by atoms with Gasteiger partial charge < -0.3 is 20.0 Å². The first-order valence-corrected chi connectivity index (χ1v) is 5.57. The Morgan fingerprint density at radius 1 is 1.18 bits per heavy atom. The molecule has 0 spiro atoms. The van der Waals surface area contributed by atoms with Crippen molar-refractivity contribution in [3.05, 3.63) is 22.5 Å². The second-order valence-electron chi connectivity index (χ2n) is 5.32. The molecule has 1 aliphatic heterocycles. The Balaban J connectivity index is 2.35.